The molecule has 112 valence electrons. The number of alkyl halides is 2. The summed E-state index contributed by atoms with van der Waals surface area (Å²) in [6.07, 6.45) is -8.14. The van der Waals surface area contributed by atoms with Crippen molar-refractivity contribution in [2.75, 3.05) is 6.61 Å². The van der Waals surface area contributed by atoms with Gasteiger partial charge >= 0.3 is 0 Å². The van der Waals surface area contributed by atoms with Crippen molar-refractivity contribution in [3.05, 3.63) is 0 Å². The highest BCUT2D eigenvalue weighted by atomic mass is 31.2. The van der Waals surface area contributed by atoms with Gasteiger partial charge in [0.2, 0.25) is 0 Å². The topological polar surface area (TPSA) is 110 Å². The fourth-order valence-corrected chi connectivity index (χ4v) is 3.83. The second-order valence-corrected chi connectivity index (χ2v) is 6.61. The van der Waals surface area contributed by atoms with Crippen molar-refractivity contribution in [3.8, 4) is 0 Å². The third-order valence-electron chi connectivity index (χ3n) is 3.84. The van der Waals surface area contributed by atoms with Crippen molar-refractivity contribution in [1.29, 1.82) is 0 Å². The van der Waals surface area contributed by atoms with Gasteiger partial charge in [0, 0.05) is 5.66 Å². The van der Waals surface area contributed by atoms with Gasteiger partial charge in [-0.2, -0.15) is 0 Å². The molecule has 7 atom stereocenters. The molecule has 5 N–H and O–H groups in total. The van der Waals surface area contributed by atoms with Gasteiger partial charge in [0.25, 0.3) is 5.92 Å². The smallest absolute Gasteiger partial charge is 0.281 e. The standard InChI is InChI=1S/C10H17F2O6P/c11-10(12)5(3-4-1-2-18-19(4)17)6(13)7(14)8(15)9(10)16/h4-9,13-17H,1-3H2/t4?,5?,6-,7?,8?,9-,19?/m1/s1. The number of aliphatic hydroxyl groups is 4. The first kappa shape index (κ1) is 15.4. The molecule has 2 rings (SSSR count). The second-order valence-electron chi connectivity index (χ2n) is 5.01. The monoisotopic (exact) mass is 302 g/mol. The Morgan fingerprint density at radius 2 is 1.74 bits per heavy atom. The van der Waals surface area contributed by atoms with Gasteiger partial charge in [-0.15, -0.1) is 0 Å². The Hall–Kier alpha value is 0.0500. The van der Waals surface area contributed by atoms with Crippen LogP contribution in [0.15, 0.2) is 0 Å². The third kappa shape index (κ3) is 2.63. The van der Waals surface area contributed by atoms with Crippen LogP contribution in [0.3, 0.4) is 0 Å². The molecule has 2 aliphatic rings. The first-order valence-electron chi connectivity index (χ1n) is 5.98. The highest BCUT2D eigenvalue weighted by molar-refractivity contribution is 7.47. The maximum Gasteiger partial charge on any atom is 0.281 e. The molecular formula is C10H17F2O6P. The molecule has 19 heavy (non-hydrogen) atoms. The van der Waals surface area contributed by atoms with Crippen LogP contribution >= 0.6 is 8.38 Å². The van der Waals surface area contributed by atoms with Gasteiger partial charge in [0.05, 0.1) is 18.6 Å². The quantitative estimate of drug-likeness (QED) is 0.426. The summed E-state index contributed by atoms with van der Waals surface area (Å²) < 4.78 is 32.7. The normalized spacial score (nSPS) is 50.4. The minimum atomic E-state index is -3.74. The summed E-state index contributed by atoms with van der Waals surface area (Å²) in [4.78, 5) is 9.50. The van der Waals surface area contributed by atoms with E-state index in [2.05, 4.69) is 0 Å². The van der Waals surface area contributed by atoms with Crippen LogP contribution in [0.2, 0.25) is 0 Å². The molecule has 5 unspecified atom stereocenters. The van der Waals surface area contributed by atoms with Crippen molar-refractivity contribution in [3.63, 3.8) is 0 Å². The maximum absolute atomic E-state index is 13.9. The molecule has 0 bridgehead atoms. The first-order chi connectivity index (χ1) is 8.76. The lowest BCUT2D eigenvalue weighted by Gasteiger charge is -2.44. The van der Waals surface area contributed by atoms with Gasteiger partial charge in [-0.25, -0.2) is 8.78 Å². The van der Waals surface area contributed by atoms with Crippen molar-refractivity contribution in [2.45, 2.75) is 48.8 Å². The molecule has 1 heterocycles. The summed E-state index contributed by atoms with van der Waals surface area (Å²) in [6, 6.07) is 0. The molecule has 9 heteroatoms. The number of rotatable bonds is 2. The number of halogens is 2. The lowest BCUT2D eigenvalue weighted by atomic mass is 9.75. The Morgan fingerprint density at radius 3 is 2.26 bits per heavy atom. The molecule has 0 aromatic heterocycles. The van der Waals surface area contributed by atoms with Crippen LogP contribution in [0, 0.1) is 5.92 Å². The first-order valence-corrected chi connectivity index (χ1v) is 7.26. The van der Waals surface area contributed by atoms with Crippen LogP contribution in [0.5, 0.6) is 0 Å². The molecular weight excluding hydrogens is 285 g/mol. The molecule has 0 aromatic carbocycles. The fourth-order valence-electron chi connectivity index (χ4n) is 2.60. The van der Waals surface area contributed by atoms with Crippen LogP contribution in [-0.4, -0.2) is 67.9 Å². The lowest BCUT2D eigenvalue weighted by Crippen LogP contribution is -2.64. The van der Waals surface area contributed by atoms with Crippen LogP contribution in [0.1, 0.15) is 12.8 Å². The zero-order valence-electron chi connectivity index (χ0n) is 9.93. The third-order valence-corrected chi connectivity index (χ3v) is 5.38. The van der Waals surface area contributed by atoms with Crippen LogP contribution in [-0.2, 0) is 4.52 Å². The molecule has 0 aromatic rings. The van der Waals surface area contributed by atoms with E-state index in [1.807, 2.05) is 0 Å². The Kier molecular flexibility index (Phi) is 4.42. The van der Waals surface area contributed by atoms with E-state index in [0.717, 1.165) is 0 Å². The van der Waals surface area contributed by atoms with Gasteiger partial charge in [-0.05, 0) is 12.8 Å². The molecule has 0 amide bonds. The van der Waals surface area contributed by atoms with Crippen LogP contribution in [0.25, 0.3) is 0 Å². The zero-order chi connectivity index (χ0) is 14.4. The van der Waals surface area contributed by atoms with E-state index in [-0.39, 0.29) is 13.0 Å². The Bertz CT molecular complexity index is 333. The summed E-state index contributed by atoms with van der Waals surface area (Å²) in [5.41, 5.74) is -0.532. The number of hydrogen-bond acceptors (Lipinski definition) is 6. The van der Waals surface area contributed by atoms with Crippen LogP contribution in [0.4, 0.5) is 8.78 Å². The largest absolute Gasteiger partial charge is 0.390 e. The highest BCUT2D eigenvalue weighted by Crippen LogP contribution is 2.51. The molecule has 0 radical (unpaired) electrons. The molecule has 2 fully saturated rings. The second kappa shape index (κ2) is 5.44. The van der Waals surface area contributed by atoms with Gasteiger partial charge < -0.3 is 29.8 Å². The molecule has 1 aliphatic carbocycles. The van der Waals surface area contributed by atoms with Gasteiger partial charge in [0.15, 0.2) is 8.38 Å². The predicted octanol–water partition coefficient (Wildman–Crippen LogP) is -0.822. The minimum absolute atomic E-state index is 0.259. The Balaban J connectivity index is 2.16. The van der Waals surface area contributed by atoms with Gasteiger partial charge in [0.1, 0.15) is 18.3 Å². The molecule has 0 spiro atoms. The fraction of sp³-hybridized carbons (Fsp3) is 1.00. The summed E-state index contributed by atoms with van der Waals surface area (Å²) in [5.74, 6) is -5.47. The lowest BCUT2D eigenvalue weighted by molar-refractivity contribution is -0.269. The van der Waals surface area contributed by atoms with Gasteiger partial charge in [-0.1, -0.05) is 0 Å². The average molecular weight is 302 g/mol. The number of hydrogen-bond donors (Lipinski definition) is 5. The zero-order valence-corrected chi connectivity index (χ0v) is 10.8. The summed E-state index contributed by atoms with van der Waals surface area (Å²) in [6.45, 7) is 0.259. The summed E-state index contributed by atoms with van der Waals surface area (Å²) >= 11 is 0. The molecule has 1 saturated carbocycles. The van der Waals surface area contributed by atoms with E-state index in [0.29, 0.717) is 6.42 Å². The number of aliphatic hydroxyl groups excluding tert-OH is 4. The summed E-state index contributed by atoms with van der Waals surface area (Å²) in [7, 11) is -1.82. The van der Waals surface area contributed by atoms with E-state index in [9.17, 15) is 34.1 Å². The van der Waals surface area contributed by atoms with E-state index in [1.165, 1.54) is 0 Å². The molecule has 1 saturated heterocycles. The average Bonchev–Trinajstić information content (AvgIpc) is 2.76. The van der Waals surface area contributed by atoms with Crippen molar-refractivity contribution < 1.29 is 38.6 Å². The van der Waals surface area contributed by atoms with Crippen molar-refractivity contribution >= 4 is 8.38 Å². The SMILES string of the molecule is OC1C(O)[C@@H](O)C(F)(F)C(CC2CCOP2O)[C@H]1O. The van der Waals surface area contributed by atoms with E-state index < -0.39 is 50.3 Å². The minimum Gasteiger partial charge on any atom is -0.390 e. The van der Waals surface area contributed by atoms with E-state index in [4.69, 9.17) is 4.52 Å². The Morgan fingerprint density at radius 1 is 1.11 bits per heavy atom. The van der Waals surface area contributed by atoms with Crippen molar-refractivity contribution in [2.24, 2.45) is 5.92 Å². The molecule has 1 aliphatic heterocycles. The summed E-state index contributed by atoms with van der Waals surface area (Å²) in [5, 5.41) is 37.8. The molecule has 6 nitrogen and oxygen atoms in total. The van der Waals surface area contributed by atoms with E-state index in [1.54, 1.807) is 0 Å². The van der Waals surface area contributed by atoms with Crippen LogP contribution < -0.4 is 0 Å². The van der Waals surface area contributed by atoms with Gasteiger partial charge in [-0.3, -0.25) is 0 Å². The van der Waals surface area contributed by atoms with E-state index >= 15 is 0 Å². The predicted molar refractivity (Wildman–Crippen MR) is 60.6 cm³/mol. The maximum atomic E-state index is 13.9. The highest BCUT2D eigenvalue weighted by Gasteiger charge is 2.60. The Labute approximate surface area is 109 Å². The van der Waals surface area contributed by atoms with Crippen molar-refractivity contribution in [1.82, 2.24) is 0 Å².